The van der Waals surface area contributed by atoms with Crippen molar-refractivity contribution in [3.63, 3.8) is 0 Å². The van der Waals surface area contributed by atoms with Gasteiger partial charge in [0.1, 0.15) is 0 Å². The molecule has 0 spiro atoms. The molecule has 0 aromatic heterocycles. The van der Waals surface area contributed by atoms with Crippen molar-refractivity contribution in [1.29, 1.82) is 0 Å². The van der Waals surface area contributed by atoms with Crippen LogP contribution in [0.2, 0.25) is 0 Å². The second kappa shape index (κ2) is 4.94. The van der Waals surface area contributed by atoms with Crippen LogP contribution in [-0.2, 0) is 0 Å². The van der Waals surface area contributed by atoms with Crippen LogP contribution in [0.15, 0.2) is 0 Å². The highest BCUT2D eigenvalue weighted by Crippen LogP contribution is 2.34. The van der Waals surface area contributed by atoms with Gasteiger partial charge < -0.3 is 0 Å². The monoisotopic (exact) mass is 235 g/mol. The van der Waals surface area contributed by atoms with E-state index in [1.165, 1.54) is 19.3 Å². The minimum atomic E-state index is -4.00. The number of hydrogen-bond acceptors (Lipinski definition) is 1. The number of halogens is 3. The molecule has 4 heteroatoms. The number of hydrogen-bond donors (Lipinski definition) is 0. The molecule has 1 saturated carbocycles. The Labute approximate surface area is 95.0 Å². The average Bonchev–Trinajstić information content (AvgIpc) is 2.64. The Bertz CT molecular complexity index is 221. The first-order valence-electron chi connectivity index (χ1n) is 6.39. The molecule has 1 aliphatic heterocycles. The summed E-state index contributed by atoms with van der Waals surface area (Å²) in [4.78, 5) is 2.15. The van der Waals surface area contributed by atoms with E-state index in [1.807, 2.05) is 0 Å². The van der Waals surface area contributed by atoms with Crippen molar-refractivity contribution in [1.82, 2.24) is 4.90 Å². The van der Waals surface area contributed by atoms with Gasteiger partial charge in [-0.15, -0.1) is 0 Å². The Morgan fingerprint density at radius 2 is 1.62 bits per heavy atom. The second-order valence-corrected chi connectivity index (χ2v) is 5.15. The molecule has 2 fully saturated rings. The van der Waals surface area contributed by atoms with Gasteiger partial charge in [0.05, 0.1) is 6.42 Å². The third-order valence-corrected chi connectivity index (χ3v) is 3.93. The minimum Gasteiger partial charge on any atom is -0.297 e. The van der Waals surface area contributed by atoms with Crippen molar-refractivity contribution in [2.45, 2.75) is 69.6 Å². The number of rotatable bonds is 2. The van der Waals surface area contributed by atoms with Gasteiger partial charge in [-0.2, -0.15) is 13.2 Å². The molecule has 0 aromatic carbocycles. The Kier molecular flexibility index (Phi) is 3.77. The molecule has 2 rings (SSSR count). The lowest BCUT2D eigenvalue weighted by Gasteiger charge is -2.35. The van der Waals surface area contributed by atoms with E-state index < -0.39 is 12.6 Å². The largest absolute Gasteiger partial charge is 0.390 e. The highest BCUT2D eigenvalue weighted by molar-refractivity contribution is 4.87. The van der Waals surface area contributed by atoms with Gasteiger partial charge in [0, 0.05) is 12.1 Å². The van der Waals surface area contributed by atoms with Crippen molar-refractivity contribution in [3.05, 3.63) is 0 Å². The van der Waals surface area contributed by atoms with Crippen LogP contribution in [0.25, 0.3) is 0 Å². The summed E-state index contributed by atoms with van der Waals surface area (Å²) in [5.74, 6) is 0. The lowest BCUT2D eigenvalue weighted by molar-refractivity contribution is -0.147. The Morgan fingerprint density at radius 3 is 2.25 bits per heavy atom. The molecule has 1 nitrogen and oxygen atoms in total. The molecule has 0 aromatic rings. The second-order valence-electron chi connectivity index (χ2n) is 5.15. The van der Waals surface area contributed by atoms with E-state index in [9.17, 15) is 13.2 Å². The van der Waals surface area contributed by atoms with Crippen LogP contribution in [0.4, 0.5) is 13.2 Å². The van der Waals surface area contributed by atoms with Gasteiger partial charge in [-0.05, 0) is 32.2 Å². The van der Waals surface area contributed by atoms with Crippen LogP contribution in [0, 0.1) is 0 Å². The standard InChI is InChI=1S/C12H20F3N/c13-12(14,15)9-11-7-4-8-16(11)10-5-2-1-3-6-10/h10-11H,1-9H2. The van der Waals surface area contributed by atoms with Crippen LogP contribution in [0.3, 0.4) is 0 Å². The van der Waals surface area contributed by atoms with E-state index in [2.05, 4.69) is 4.90 Å². The van der Waals surface area contributed by atoms with E-state index in [-0.39, 0.29) is 6.04 Å². The number of nitrogens with zero attached hydrogens (tertiary/aromatic N) is 1. The van der Waals surface area contributed by atoms with E-state index in [1.54, 1.807) is 0 Å². The summed E-state index contributed by atoms with van der Waals surface area (Å²) in [6.45, 7) is 0.880. The SMILES string of the molecule is FC(F)(F)CC1CCCN1C1CCCCC1. The quantitative estimate of drug-likeness (QED) is 0.704. The zero-order valence-corrected chi connectivity index (χ0v) is 9.60. The molecule has 1 heterocycles. The van der Waals surface area contributed by atoms with E-state index in [0.717, 1.165) is 32.2 Å². The molecule has 1 aliphatic carbocycles. The molecular weight excluding hydrogens is 215 g/mol. The third-order valence-electron chi connectivity index (χ3n) is 3.93. The van der Waals surface area contributed by atoms with Gasteiger partial charge in [-0.25, -0.2) is 0 Å². The molecule has 0 radical (unpaired) electrons. The number of likely N-dealkylation sites (tertiary alicyclic amines) is 1. The molecule has 94 valence electrons. The molecule has 0 N–H and O–H groups in total. The smallest absolute Gasteiger partial charge is 0.297 e. The fourth-order valence-electron chi connectivity index (χ4n) is 3.24. The van der Waals surface area contributed by atoms with E-state index >= 15 is 0 Å². The highest BCUT2D eigenvalue weighted by Gasteiger charge is 2.39. The van der Waals surface area contributed by atoms with Crippen molar-refractivity contribution < 1.29 is 13.2 Å². The molecule has 1 saturated heterocycles. The zero-order valence-electron chi connectivity index (χ0n) is 9.60. The van der Waals surface area contributed by atoms with Crippen molar-refractivity contribution in [2.24, 2.45) is 0 Å². The third kappa shape index (κ3) is 3.12. The summed E-state index contributed by atoms with van der Waals surface area (Å²) in [7, 11) is 0. The maximum absolute atomic E-state index is 12.4. The fraction of sp³-hybridized carbons (Fsp3) is 1.00. The first-order valence-corrected chi connectivity index (χ1v) is 6.39. The van der Waals surface area contributed by atoms with Crippen LogP contribution in [-0.4, -0.2) is 29.7 Å². The summed E-state index contributed by atoms with van der Waals surface area (Å²) in [6.07, 6.45) is 2.93. The summed E-state index contributed by atoms with van der Waals surface area (Å²) in [5, 5.41) is 0. The maximum Gasteiger partial charge on any atom is 0.390 e. The molecular formula is C12H20F3N. The van der Waals surface area contributed by atoms with Crippen molar-refractivity contribution in [3.8, 4) is 0 Å². The van der Waals surface area contributed by atoms with Gasteiger partial charge in [0.15, 0.2) is 0 Å². The van der Waals surface area contributed by atoms with Crippen LogP contribution < -0.4 is 0 Å². The number of alkyl halides is 3. The van der Waals surface area contributed by atoms with Crippen molar-refractivity contribution >= 4 is 0 Å². The van der Waals surface area contributed by atoms with E-state index in [4.69, 9.17) is 0 Å². The fourth-order valence-corrected chi connectivity index (χ4v) is 3.24. The van der Waals surface area contributed by atoms with Crippen LogP contribution in [0.1, 0.15) is 51.4 Å². The van der Waals surface area contributed by atoms with E-state index in [0.29, 0.717) is 6.04 Å². The molecule has 0 bridgehead atoms. The van der Waals surface area contributed by atoms with Gasteiger partial charge >= 0.3 is 6.18 Å². The topological polar surface area (TPSA) is 3.24 Å². The Hall–Kier alpha value is -0.250. The lowest BCUT2D eigenvalue weighted by Crippen LogP contribution is -2.42. The molecule has 0 amide bonds. The first-order chi connectivity index (χ1) is 7.56. The maximum atomic E-state index is 12.4. The van der Waals surface area contributed by atoms with Crippen molar-refractivity contribution in [2.75, 3.05) is 6.54 Å². The molecule has 16 heavy (non-hydrogen) atoms. The van der Waals surface area contributed by atoms with Crippen LogP contribution >= 0.6 is 0 Å². The first kappa shape index (κ1) is 12.2. The Morgan fingerprint density at radius 1 is 0.938 bits per heavy atom. The molecule has 1 atom stereocenters. The summed E-state index contributed by atoms with van der Waals surface area (Å²) in [5.41, 5.74) is 0. The predicted molar refractivity (Wildman–Crippen MR) is 57.3 cm³/mol. The highest BCUT2D eigenvalue weighted by atomic mass is 19.4. The Balaban J connectivity index is 1.91. The normalized spacial score (nSPS) is 29.8. The predicted octanol–water partition coefficient (Wildman–Crippen LogP) is 3.74. The molecule has 2 aliphatic rings. The summed E-state index contributed by atoms with van der Waals surface area (Å²) in [6, 6.07) is 0.201. The minimum absolute atomic E-state index is 0.233. The van der Waals surface area contributed by atoms with Gasteiger partial charge in [0.25, 0.3) is 0 Å². The molecule has 1 unspecified atom stereocenters. The summed E-state index contributed by atoms with van der Waals surface area (Å²) < 4.78 is 37.3. The van der Waals surface area contributed by atoms with Gasteiger partial charge in [-0.1, -0.05) is 19.3 Å². The average molecular weight is 235 g/mol. The lowest BCUT2D eigenvalue weighted by atomic mass is 9.93. The zero-order chi connectivity index (χ0) is 11.6. The summed E-state index contributed by atoms with van der Waals surface area (Å²) >= 11 is 0. The van der Waals surface area contributed by atoms with Gasteiger partial charge in [-0.3, -0.25) is 4.90 Å². The van der Waals surface area contributed by atoms with Crippen LogP contribution in [0.5, 0.6) is 0 Å². The van der Waals surface area contributed by atoms with Gasteiger partial charge in [0.2, 0.25) is 0 Å².